The largest absolute Gasteiger partial charge is 0.276 e. The number of rotatable bonds is 2. The second-order valence-corrected chi connectivity index (χ2v) is 2.10. The highest BCUT2D eigenvalue weighted by Crippen LogP contribution is 2.09. The Hall–Kier alpha value is -0.820. The lowest BCUT2D eigenvalue weighted by molar-refractivity contribution is -0.108. The third kappa shape index (κ3) is 5.62. The van der Waals surface area contributed by atoms with Crippen LogP contribution in [-0.4, -0.2) is 5.24 Å². The smallest absolute Gasteiger partial charge is 0.252 e. The zero-order valence-electron chi connectivity index (χ0n) is 6.98. The van der Waals surface area contributed by atoms with Crippen molar-refractivity contribution in [2.24, 2.45) is 0 Å². The van der Waals surface area contributed by atoms with Crippen molar-refractivity contribution in [2.45, 2.75) is 13.8 Å². The van der Waals surface area contributed by atoms with E-state index >= 15 is 0 Å². The minimum atomic E-state index is -0.440. The molecule has 0 saturated heterocycles. The maximum absolute atomic E-state index is 10.5. The molecule has 0 rings (SSSR count). The summed E-state index contributed by atoms with van der Waals surface area (Å²) in [5.74, 6) is 0. The van der Waals surface area contributed by atoms with Crippen LogP contribution in [0.3, 0.4) is 0 Å². The van der Waals surface area contributed by atoms with Crippen LogP contribution in [0.4, 0.5) is 0 Å². The molecule has 0 spiro atoms. The molecule has 11 heavy (non-hydrogen) atoms. The molecule has 0 aromatic rings. The summed E-state index contributed by atoms with van der Waals surface area (Å²) >= 11 is 5.17. The number of hydrogen-bond donors (Lipinski definition) is 0. The van der Waals surface area contributed by atoms with Crippen molar-refractivity contribution in [3.05, 3.63) is 37.0 Å². The van der Waals surface area contributed by atoms with Crippen molar-refractivity contribution in [3.8, 4) is 0 Å². The van der Waals surface area contributed by atoms with Gasteiger partial charge in [0.15, 0.2) is 0 Å². The van der Waals surface area contributed by atoms with Crippen molar-refractivity contribution >= 4 is 16.8 Å². The van der Waals surface area contributed by atoms with E-state index in [9.17, 15) is 4.79 Å². The van der Waals surface area contributed by atoms with Crippen molar-refractivity contribution in [1.82, 2.24) is 0 Å². The summed E-state index contributed by atoms with van der Waals surface area (Å²) < 4.78 is 0. The maximum Gasteiger partial charge on any atom is 0.252 e. The molecule has 0 saturated carbocycles. The molecular formula is C9H13ClO. The molecule has 0 bridgehead atoms. The summed E-state index contributed by atoms with van der Waals surface area (Å²) in [6, 6.07) is 0. The Balaban J connectivity index is 0. The molecule has 62 valence electrons. The number of carbonyl (C=O) groups excluding carboxylic acids is 1. The lowest BCUT2D eigenvalue weighted by Crippen LogP contribution is -1.92. The minimum absolute atomic E-state index is 0.440. The van der Waals surface area contributed by atoms with Crippen LogP contribution < -0.4 is 0 Å². The average Bonchev–Trinajstić information content (AvgIpc) is 1.91. The fourth-order valence-electron chi connectivity index (χ4n) is 0.528. The molecule has 0 aromatic carbocycles. The van der Waals surface area contributed by atoms with E-state index < -0.39 is 5.24 Å². The lowest BCUT2D eigenvalue weighted by atomic mass is 10.1. The van der Waals surface area contributed by atoms with Crippen LogP contribution in [0.25, 0.3) is 0 Å². The monoisotopic (exact) mass is 172 g/mol. The van der Waals surface area contributed by atoms with Crippen LogP contribution in [0.15, 0.2) is 37.0 Å². The normalized spacial score (nSPS) is 9.55. The van der Waals surface area contributed by atoms with Gasteiger partial charge in [0.2, 0.25) is 0 Å². The maximum atomic E-state index is 10.5. The van der Waals surface area contributed by atoms with Gasteiger partial charge in [0.05, 0.1) is 0 Å². The van der Waals surface area contributed by atoms with Crippen molar-refractivity contribution in [2.75, 3.05) is 0 Å². The first-order valence-electron chi connectivity index (χ1n) is 3.11. The first kappa shape index (κ1) is 12.8. The average molecular weight is 173 g/mol. The fourth-order valence-corrected chi connectivity index (χ4v) is 0.798. The molecule has 0 N–H and O–H groups in total. The van der Waals surface area contributed by atoms with Gasteiger partial charge < -0.3 is 0 Å². The Labute approximate surface area is 73.1 Å². The predicted octanol–water partition coefficient (Wildman–Crippen LogP) is 3.08. The first-order chi connectivity index (χ1) is 5.09. The molecule has 0 aromatic heterocycles. The summed E-state index contributed by atoms with van der Waals surface area (Å²) in [5.41, 5.74) is 1.20. The zero-order chi connectivity index (χ0) is 9.44. The summed E-state index contributed by atoms with van der Waals surface area (Å²) in [5, 5.41) is -0.440. The van der Waals surface area contributed by atoms with Crippen LogP contribution in [0.5, 0.6) is 0 Å². The quantitative estimate of drug-likeness (QED) is 0.271. The van der Waals surface area contributed by atoms with Gasteiger partial charge in [0.1, 0.15) is 0 Å². The molecule has 0 atom stereocenters. The van der Waals surface area contributed by atoms with E-state index in [0.717, 1.165) is 0 Å². The summed E-state index contributed by atoms with van der Waals surface area (Å²) in [4.78, 5) is 10.5. The summed E-state index contributed by atoms with van der Waals surface area (Å²) in [7, 11) is 0. The van der Waals surface area contributed by atoms with E-state index in [-0.39, 0.29) is 0 Å². The highest BCUT2D eigenvalue weighted by atomic mass is 35.5. The van der Waals surface area contributed by atoms with Gasteiger partial charge in [0, 0.05) is 5.57 Å². The first-order valence-corrected chi connectivity index (χ1v) is 3.49. The second kappa shape index (κ2) is 7.29. The predicted molar refractivity (Wildman–Crippen MR) is 50.7 cm³/mol. The zero-order valence-corrected chi connectivity index (χ0v) is 7.74. The van der Waals surface area contributed by atoms with E-state index in [1.54, 1.807) is 19.9 Å². The van der Waals surface area contributed by atoms with Gasteiger partial charge in [-0.2, -0.15) is 0 Å². The molecule has 0 fully saturated rings. The summed E-state index contributed by atoms with van der Waals surface area (Å²) in [6.45, 7) is 13.1. The Morgan fingerprint density at radius 2 is 1.82 bits per heavy atom. The van der Waals surface area contributed by atoms with Gasteiger partial charge in [0.25, 0.3) is 5.24 Å². The molecule has 0 amide bonds. The number of allylic oxidation sites excluding steroid dienone is 3. The molecule has 0 aliphatic rings. The van der Waals surface area contributed by atoms with Gasteiger partial charge in [-0.05, 0) is 31.0 Å². The van der Waals surface area contributed by atoms with Crippen LogP contribution >= 0.6 is 11.6 Å². The van der Waals surface area contributed by atoms with Gasteiger partial charge in [-0.25, -0.2) is 0 Å². The minimum Gasteiger partial charge on any atom is -0.276 e. The Kier molecular flexibility index (Phi) is 8.50. The third-order valence-corrected chi connectivity index (χ3v) is 1.16. The number of carbonyl (C=O) groups is 1. The van der Waals surface area contributed by atoms with Crippen molar-refractivity contribution < 1.29 is 4.79 Å². The number of halogens is 1. The molecule has 0 unspecified atom stereocenters. The van der Waals surface area contributed by atoms with Crippen molar-refractivity contribution in [1.29, 1.82) is 0 Å². The van der Waals surface area contributed by atoms with E-state index in [2.05, 4.69) is 19.7 Å². The summed E-state index contributed by atoms with van der Waals surface area (Å²) in [6.07, 6.45) is 1.65. The van der Waals surface area contributed by atoms with E-state index in [0.29, 0.717) is 11.1 Å². The highest BCUT2D eigenvalue weighted by Gasteiger charge is 2.03. The molecule has 0 radical (unpaired) electrons. The lowest BCUT2D eigenvalue weighted by Gasteiger charge is -1.95. The van der Waals surface area contributed by atoms with E-state index in [1.807, 2.05) is 0 Å². The number of hydrogen-bond acceptors (Lipinski definition) is 1. The molecule has 2 heteroatoms. The highest BCUT2D eigenvalue weighted by molar-refractivity contribution is 6.68. The topological polar surface area (TPSA) is 17.1 Å². The van der Waals surface area contributed by atoms with Crippen LogP contribution in [0.1, 0.15) is 13.8 Å². The molecule has 1 nitrogen and oxygen atoms in total. The molecule has 0 aliphatic heterocycles. The second-order valence-electron chi connectivity index (χ2n) is 1.76. The van der Waals surface area contributed by atoms with Gasteiger partial charge in [-0.1, -0.05) is 12.7 Å². The molecular weight excluding hydrogens is 160 g/mol. The standard InChI is InChI=1S/C7H9ClO.C2H4/c1-4-6(5(2)3)7(8)9;1-2/h4H,2H2,1,3H3;1-2H2/b6-4+;. The Morgan fingerprint density at radius 3 is 1.82 bits per heavy atom. The third-order valence-electron chi connectivity index (χ3n) is 0.960. The Bertz CT molecular complexity index is 164. The van der Waals surface area contributed by atoms with Crippen LogP contribution in [0, 0.1) is 0 Å². The van der Waals surface area contributed by atoms with E-state index in [4.69, 9.17) is 11.6 Å². The van der Waals surface area contributed by atoms with E-state index in [1.165, 1.54) is 0 Å². The SMILES string of the molecule is C=C.C=C(C)/C(=C\C)C(=O)Cl. The van der Waals surface area contributed by atoms with Crippen LogP contribution in [-0.2, 0) is 4.79 Å². The van der Waals surface area contributed by atoms with Crippen LogP contribution in [0.2, 0.25) is 0 Å². The van der Waals surface area contributed by atoms with Gasteiger partial charge in [-0.3, -0.25) is 4.79 Å². The molecule has 0 aliphatic carbocycles. The van der Waals surface area contributed by atoms with Crippen molar-refractivity contribution in [3.63, 3.8) is 0 Å². The molecule has 0 heterocycles. The van der Waals surface area contributed by atoms with Gasteiger partial charge in [-0.15, -0.1) is 13.2 Å². The Morgan fingerprint density at radius 1 is 1.45 bits per heavy atom. The fraction of sp³-hybridized carbons (Fsp3) is 0.222. The van der Waals surface area contributed by atoms with Gasteiger partial charge >= 0.3 is 0 Å².